The molecule has 24 heavy (non-hydrogen) atoms. The molecule has 3 atom stereocenters. The number of rotatable bonds is 3. The van der Waals surface area contributed by atoms with Gasteiger partial charge in [0.15, 0.2) is 0 Å². The van der Waals surface area contributed by atoms with Crippen molar-refractivity contribution in [1.82, 2.24) is 4.90 Å². The van der Waals surface area contributed by atoms with Crippen LogP contribution in [-0.4, -0.2) is 36.1 Å². The SMILES string of the molecule is C=C(C(=O)OC1C[C@H]2CC[C@@H](C1)N2C)c1ccc(C(C)(C)C)cc1. The van der Waals surface area contributed by atoms with Crippen LogP contribution < -0.4 is 0 Å². The van der Waals surface area contributed by atoms with Gasteiger partial charge in [0, 0.05) is 24.9 Å². The van der Waals surface area contributed by atoms with E-state index in [0.717, 1.165) is 18.4 Å². The summed E-state index contributed by atoms with van der Waals surface area (Å²) < 4.78 is 5.77. The number of fused-ring (bicyclic) bond motifs is 2. The Morgan fingerprint density at radius 3 is 2.17 bits per heavy atom. The third-order valence-electron chi connectivity index (χ3n) is 5.67. The van der Waals surface area contributed by atoms with Gasteiger partial charge in [-0.05, 0) is 36.4 Å². The molecule has 2 aliphatic heterocycles. The van der Waals surface area contributed by atoms with Gasteiger partial charge in [-0.2, -0.15) is 0 Å². The van der Waals surface area contributed by atoms with Crippen LogP contribution in [0.25, 0.3) is 5.57 Å². The van der Waals surface area contributed by atoms with Gasteiger partial charge in [-0.3, -0.25) is 0 Å². The summed E-state index contributed by atoms with van der Waals surface area (Å²) in [6, 6.07) is 9.24. The smallest absolute Gasteiger partial charge is 0.338 e. The molecule has 130 valence electrons. The molecule has 0 amide bonds. The van der Waals surface area contributed by atoms with Gasteiger partial charge >= 0.3 is 5.97 Å². The summed E-state index contributed by atoms with van der Waals surface area (Å²) in [5.74, 6) is -0.271. The Labute approximate surface area is 145 Å². The highest BCUT2D eigenvalue weighted by Crippen LogP contribution is 2.36. The van der Waals surface area contributed by atoms with E-state index in [4.69, 9.17) is 4.74 Å². The molecule has 3 rings (SSSR count). The van der Waals surface area contributed by atoms with E-state index in [9.17, 15) is 4.79 Å². The van der Waals surface area contributed by atoms with Gasteiger partial charge in [0.1, 0.15) is 6.10 Å². The van der Waals surface area contributed by atoms with E-state index in [2.05, 4.69) is 51.4 Å². The van der Waals surface area contributed by atoms with E-state index >= 15 is 0 Å². The van der Waals surface area contributed by atoms with Crippen molar-refractivity contribution >= 4 is 11.5 Å². The lowest BCUT2D eigenvalue weighted by atomic mass is 9.86. The molecular weight excluding hydrogens is 298 g/mol. The van der Waals surface area contributed by atoms with Crippen molar-refractivity contribution in [3.05, 3.63) is 42.0 Å². The van der Waals surface area contributed by atoms with Crippen LogP contribution in [0.5, 0.6) is 0 Å². The zero-order chi connectivity index (χ0) is 17.5. The number of ether oxygens (including phenoxy) is 1. The van der Waals surface area contributed by atoms with Gasteiger partial charge < -0.3 is 9.64 Å². The van der Waals surface area contributed by atoms with Crippen molar-refractivity contribution in [3.63, 3.8) is 0 Å². The topological polar surface area (TPSA) is 29.5 Å². The van der Waals surface area contributed by atoms with Crippen LogP contribution in [0.1, 0.15) is 57.6 Å². The van der Waals surface area contributed by atoms with Gasteiger partial charge in [-0.15, -0.1) is 0 Å². The van der Waals surface area contributed by atoms with Crippen LogP contribution >= 0.6 is 0 Å². The van der Waals surface area contributed by atoms with Gasteiger partial charge in [0.05, 0.1) is 5.57 Å². The molecule has 2 bridgehead atoms. The molecule has 2 saturated heterocycles. The summed E-state index contributed by atoms with van der Waals surface area (Å²) in [4.78, 5) is 14.9. The minimum absolute atomic E-state index is 0.0387. The fraction of sp³-hybridized carbons (Fsp3) is 0.571. The third-order valence-corrected chi connectivity index (χ3v) is 5.67. The minimum atomic E-state index is -0.271. The Hall–Kier alpha value is -1.61. The molecule has 2 fully saturated rings. The van der Waals surface area contributed by atoms with Gasteiger partial charge in [0.25, 0.3) is 0 Å². The predicted molar refractivity (Wildman–Crippen MR) is 97.9 cm³/mol. The normalized spacial score (nSPS) is 27.1. The Morgan fingerprint density at radius 2 is 1.67 bits per heavy atom. The van der Waals surface area contributed by atoms with Crippen molar-refractivity contribution in [2.45, 2.75) is 70.1 Å². The highest BCUT2D eigenvalue weighted by atomic mass is 16.5. The number of nitrogens with zero attached hydrogens (tertiary/aromatic N) is 1. The fourth-order valence-corrected chi connectivity index (χ4v) is 3.97. The molecule has 0 aliphatic carbocycles. The minimum Gasteiger partial charge on any atom is -0.459 e. The molecule has 2 heterocycles. The molecule has 0 aromatic heterocycles. The molecule has 0 saturated carbocycles. The van der Waals surface area contributed by atoms with Crippen LogP contribution in [0.4, 0.5) is 0 Å². The second-order valence-corrected chi connectivity index (χ2v) is 8.36. The van der Waals surface area contributed by atoms with Crippen molar-refractivity contribution in [2.24, 2.45) is 0 Å². The van der Waals surface area contributed by atoms with Crippen LogP contribution in [-0.2, 0) is 14.9 Å². The first-order valence-corrected chi connectivity index (χ1v) is 8.98. The maximum absolute atomic E-state index is 12.5. The quantitative estimate of drug-likeness (QED) is 0.616. The lowest BCUT2D eigenvalue weighted by Crippen LogP contribution is -2.43. The van der Waals surface area contributed by atoms with E-state index < -0.39 is 0 Å². The van der Waals surface area contributed by atoms with Crippen LogP contribution in [0.3, 0.4) is 0 Å². The number of piperidine rings is 1. The Bertz CT molecular complexity index is 612. The fourth-order valence-electron chi connectivity index (χ4n) is 3.97. The van der Waals surface area contributed by atoms with Crippen molar-refractivity contribution in [2.75, 3.05) is 7.05 Å². The monoisotopic (exact) mass is 327 g/mol. The van der Waals surface area contributed by atoms with E-state index in [0.29, 0.717) is 17.7 Å². The third kappa shape index (κ3) is 3.41. The van der Waals surface area contributed by atoms with E-state index in [1.807, 2.05) is 12.1 Å². The number of esters is 1. The summed E-state index contributed by atoms with van der Waals surface area (Å²) in [6.45, 7) is 10.5. The molecule has 1 aromatic rings. The van der Waals surface area contributed by atoms with E-state index in [-0.39, 0.29) is 17.5 Å². The molecule has 1 aromatic carbocycles. The number of carbonyl (C=O) groups excluding carboxylic acids is 1. The number of hydrogen-bond donors (Lipinski definition) is 0. The highest BCUT2D eigenvalue weighted by molar-refractivity contribution is 6.15. The lowest BCUT2D eigenvalue weighted by Gasteiger charge is -2.35. The molecule has 2 aliphatic rings. The lowest BCUT2D eigenvalue weighted by molar-refractivity contribution is -0.145. The standard InChI is InChI=1S/C21H29NO2/c1-14(15-6-8-16(9-7-15)21(2,3)4)20(23)24-19-12-17-10-11-18(13-19)22(17)5/h6-9,17-19H,1,10-13H2,2-5H3/t17-,18+,19?. The summed E-state index contributed by atoms with van der Waals surface area (Å²) in [7, 11) is 2.19. The van der Waals surface area contributed by atoms with Crippen molar-refractivity contribution in [1.29, 1.82) is 0 Å². The Balaban J connectivity index is 1.62. The van der Waals surface area contributed by atoms with Crippen LogP contribution in [0.2, 0.25) is 0 Å². The Morgan fingerprint density at radius 1 is 1.12 bits per heavy atom. The summed E-state index contributed by atoms with van der Waals surface area (Å²) >= 11 is 0. The molecule has 3 heteroatoms. The van der Waals surface area contributed by atoms with E-state index in [1.165, 1.54) is 18.4 Å². The second-order valence-electron chi connectivity index (χ2n) is 8.36. The van der Waals surface area contributed by atoms with Crippen LogP contribution in [0, 0.1) is 0 Å². The molecule has 0 N–H and O–H groups in total. The van der Waals surface area contributed by atoms with Gasteiger partial charge in [-0.25, -0.2) is 4.79 Å². The molecule has 0 spiro atoms. The van der Waals surface area contributed by atoms with Crippen molar-refractivity contribution in [3.8, 4) is 0 Å². The average molecular weight is 327 g/mol. The Kier molecular flexibility index (Phi) is 4.56. The maximum Gasteiger partial charge on any atom is 0.338 e. The van der Waals surface area contributed by atoms with Crippen molar-refractivity contribution < 1.29 is 9.53 Å². The first-order chi connectivity index (χ1) is 11.3. The summed E-state index contributed by atoms with van der Waals surface area (Å²) in [5.41, 5.74) is 2.67. The number of hydrogen-bond acceptors (Lipinski definition) is 3. The molecule has 1 unspecified atom stereocenters. The first-order valence-electron chi connectivity index (χ1n) is 8.98. The summed E-state index contributed by atoms with van der Waals surface area (Å²) in [5, 5.41) is 0. The highest BCUT2D eigenvalue weighted by Gasteiger charge is 2.40. The van der Waals surface area contributed by atoms with E-state index in [1.54, 1.807) is 0 Å². The number of carbonyl (C=O) groups is 1. The predicted octanol–water partition coefficient (Wildman–Crippen LogP) is 4.17. The molecular formula is C21H29NO2. The van der Waals surface area contributed by atoms with Gasteiger partial charge in [-0.1, -0.05) is 51.6 Å². The second kappa shape index (κ2) is 6.36. The largest absolute Gasteiger partial charge is 0.459 e. The maximum atomic E-state index is 12.5. The zero-order valence-electron chi connectivity index (χ0n) is 15.3. The van der Waals surface area contributed by atoms with Crippen LogP contribution in [0.15, 0.2) is 30.8 Å². The number of benzene rings is 1. The van der Waals surface area contributed by atoms with Gasteiger partial charge in [0.2, 0.25) is 0 Å². The first kappa shape index (κ1) is 17.2. The molecule has 0 radical (unpaired) electrons. The average Bonchev–Trinajstić information content (AvgIpc) is 2.74. The summed E-state index contributed by atoms with van der Waals surface area (Å²) in [6.07, 6.45) is 4.40. The zero-order valence-corrected chi connectivity index (χ0v) is 15.3. The molecule has 3 nitrogen and oxygen atoms in total.